The summed E-state index contributed by atoms with van der Waals surface area (Å²) in [4.78, 5) is 29.3. The molecule has 5 rings (SSSR count). The van der Waals surface area contributed by atoms with Gasteiger partial charge in [-0.3, -0.25) is 4.79 Å². The Labute approximate surface area is 162 Å². The predicted molar refractivity (Wildman–Crippen MR) is 101 cm³/mol. The third-order valence-corrected chi connectivity index (χ3v) is 6.02. The number of carbonyl (C=O) groups excluding carboxylic acids is 1. The van der Waals surface area contributed by atoms with E-state index in [-0.39, 0.29) is 17.9 Å². The third-order valence-electron chi connectivity index (χ3n) is 6.02. The van der Waals surface area contributed by atoms with Gasteiger partial charge in [0, 0.05) is 18.6 Å². The van der Waals surface area contributed by atoms with Crippen molar-refractivity contribution in [2.45, 2.75) is 62.6 Å². The van der Waals surface area contributed by atoms with Gasteiger partial charge in [-0.2, -0.15) is 4.98 Å². The first-order valence-corrected chi connectivity index (χ1v) is 9.81. The molecule has 28 heavy (non-hydrogen) atoms. The summed E-state index contributed by atoms with van der Waals surface area (Å²) in [6.45, 7) is 0.385. The van der Waals surface area contributed by atoms with Crippen LogP contribution in [0.1, 0.15) is 61.5 Å². The molecule has 2 atom stereocenters. The Morgan fingerprint density at radius 3 is 2.96 bits per heavy atom. The summed E-state index contributed by atoms with van der Waals surface area (Å²) in [5.74, 6) is 2.54. The predicted octanol–water partition coefficient (Wildman–Crippen LogP) is 2.09. The highest BCUT2D eigenvalue weighted by Gasteiger charge is 2.59. The lowest BCUT2D eigenvalue weighted by atomic mass is 9.81. The first-order chi connectivity index (χ1) is 13.6. The van der Waals surface area contributed by atoms with Crippen LogP contribution in [0.15, 0.2) is 6.20 Å². The van der Waals surface area contributed by atoms with E-state index in [0.717, 1.165) is 43.4 Å². The molecule has 0 saturated heterocycles. The largest absolute Gasteiger partial charge is 0.393 e. The van der Waals surface area contributed by atoms with E-state index in [4.69, 9.17) is 9.72 Å². The van der Waals surface area contributed by atoms with Crippen molar-refractivity contribution in [3.8, 4) is 0 Å². The van der Waals surface area contributed by atoms with Gasteiger partial charge in [-0.15, -0.1) is 0 Å². The lowest BCUT2D eigenvalue weighted by molar-refractivity contribution is -0.117. The highest BCUT2D eigenvalue weighted by atomic mass is 16.5. The molecule has 2 aliphatic carbocycles. The SMILES string of the molecule is COCc1ncc(Nc2nc3c(c([C@@H]4CCC[C@@H](O)C4)n2)C2(CC2)C(=O)N3)[nH]1. The number of aromatic nitrogens is 4. The molecule has 0 bridgehead atoms. The molecule has 4 N–H and O–H groups in total. The van der Waals surface area contributed by atoms with E-state index >= 15 is 0 Å². The zero-order valence-electron chi connectivity index (χ0n) is 15.8. The number of amides is 1. The lowest BCUT2D eigenvalue weighted by Gasteiger charge is -2.27. The van der Waals surface area contributed by atoms with Gasteiger partial charge in [-0.1, -0.05) is 6.42 Å². The number of rotatable bonds is 5. The van der Waals surface area contributed by atoms with Crippen LogP contribution in [0.5, 0.6) is 0 Å². The van der Waals surface area contributed by atoms with E-state index in [1.165, 1.54) is 0 Å². The van der Waals surface area contributed by atoms with E-state index in [1.54, 1.807) is 13.3 Å². The van der Waals surface area contributed by atoms with Crippen LogP contribution in [0.4, 0.5) is 17.6 Å². The fourth-order valence-electron chi connectivity index (χ4n) is 4.50. The molecular weight excluding hydrogens is 360 g/mol. The van der Waals surface area contributed by atoms with Crippen LogP contribution < -0.4 is 10.6 Å². The quantitative estimate of drug-likeness (QED) is 0.622. The Morgan fingerprint density at radius 1 is 1.36 bits per heavy atom. The molecule has 2 saturated carbocycles. The van der Waals surface area contributed by atoms with Crippen LogP contribution >= 0.6 is 0 Å². The summed E-state index contributed by atoms with van der Waals surface area (Å²) in [6.07, 6.45) is 6.45. The highest BCUT2D eigenvalue weighted by molar-refractivity contribution is 6.08. The average Bonchev–Trinajstić information content (AvgIpc) is 3.28. The van der Waals surface area contributed by atoms with Crippen molar-refractivity contribution in [2.24, 2.45) is 0 Å². The molecule has 3 aliphatic rings. The van der Waals surface area contributed by atoms with Crippen molar-refractivity contribution < 1.29 is 14.6 Å². The summed E-state index contributed by atoms with van der Waals surface area (Å²) in [6, 6.07) is 0. The first kappa shape index (κ1) is 17.6. The van der Waals surface area contributed by atoms with E-state index in [2.05, 4.69) is 25.6 Å². The number of imidazole rings is 1. The minimum absolute atomic E-state index is 0.0236. The van der Waals surface area contributed by atoms with Crippen LogP contribution in [-0.2, 0) is 21.6 Å². The van der Waals surface area contributed by atoms with Gasteiger partial charge in [0.25, 0.3) is 0 Å². The number of fused-ring (bicyclic) bond motifs is 2. The van der Waals surface area contributed by atoms with Crippen molar-refractivity contribution in [3.63, 3.8) is 0 Å². The lowest BCUT2D eigenvalue weighted by Crippen LogP contribution is -2.23. The van der Waals surface area contributed by atoms with Gasteiger partial charge in [0.15, 0.2) is 0 Å². The molecule has 9 heteroatoms. The Morgan fingerprint density at radius 2 is 2.21 bits per heavy atom. The second kappa shape index (κ2) is 6.52. The van der Waals surface area contributed by atoms with E-state index in [9.17, 15) is 9.90 Å². The zero-order chi connectivity index (χ0) is 19.3. The smallest absolute Gasteiger partial charge is 0.236 e. The number of hydrogen-bond donors (Lipinski definition) is 4. The van der Waals surface area contributed by atoms with Crippen LogP contribution in [-0.4, -0.2) is 44.2 Å². The number of nitrogens with zero attached hydrogens (tertiary/aromatic N) is 3. The second-order valence-electron chi connectivity index (χ2n) is 8.01. The maximum atomic E-state index is 12.6. The molecule has 1 spiro atoms. The monoisotopic (exact) mass is 384 g/mol. The number of aliphatic hydroxyl groups excluding tert-OH is 1. The summed E-state index contributed by atoms with van der Waals surface area (Å²) in [7, 11) is 1.61. The van der Waals surface area contributed by atoms with Crippen molar-refractivity contribution >= 4 is 23.5 Å². The second-order valence-corrected chi connectivity index (χ2v) is 8.01. The molecule has 0 radical (unpaired) electrons. The fraction of sp³-hybridized carbons (Fsp3) is 0.579. The number of ether oxygens (including phenoxy) is 1. The van der Waals surface area contributed by atoms with E-state index < -0.39 is 5.41 Å². The number of nitrogens with one attached hydrogen (secondary N) is 3. The minimum atomic E-state index is -0.453. The van der Waals surface area contributed by atoms with Crippen LogP contribution in [0.3, 0.4) is 0 Å². The van der Waals surface area contributed by atoms with Gasteiger partial charge in [-0.25, -0.2) is 9.97 Å². The van der Waals surface area contributed by atoms with E-state index in [1.807, 2.05) is 0 Å². The Balaban J connectivity index is 1.52. The Hall–Kier alpha value is -2.52. The van der Waals surface area contributed by atoms with Crippen molar-refractivity contribution in [3.05, 3.63) is 23.3 Å². The number of anilines is 3. The van der Waals surface area contributed by atoms with Gasteiger partial charge in [0.2, 0.25) is 11.9 Å². The average molecular weight is 384 g/mol. The standard InChI is InChI=1S/C19H24N6O3/c1-28-9-13-20-8-12(21-13)22-18-23-15(10-3-2-4-11(26)7-10)14-16(25-18)24-17(27)19(14)5-6-19/h8,10-11,26H,2-7,9H2,1H3,(H,20,21)(H2,22,23,24,25,27)/t10-,11-/m1/s1. The molecule has 0 unspecified atom stereocenters. The van der Waals surface area contributed by atoms with Crippen LogP contribution in [0, 0.1) is 0 Å². The Kier molecular flexibility index (Phi) is 4.09. The number of aromatic amines is 1. The highest BCUT2D eigenvalue weighted by Crippen LogP contribution is 2.57. The Bertz CT molecular complexity index is 922. The van der Waals surface area contributed by atoms with E-state index in [0.29, 0.717) is 36.4 Å². The molecule has 2 aromatic heterocycles. The molecule has 9 nitrogen and oxygen atoms in total. The molecule has 1 aliphatic heterocycles. The number of hydrogen-bond acceptors (Lipinski definition) is 7. The summed E-state index contributed by atoms with van der Waals surface area (Å²) >= 11 is 0. The molecule has 3 heterocycles. The van der Waals surface area contributed by atoms with Crippen LogP contribution in [0.2, 0.25) is 0 Å². The van der Waals surface area contributed by atoms with Gasteiger partial charge < -0.3 is 25.5 Å². The number of aliphatic hydroxyl groups is 1. The molecule has 0 aromatic carbocycles. The van der Waals surface area contributed by atoms with Gasteiger partial charge in [-0.05, 0) is 32.1 Å². The summed E-state index contributed by atoms with van der Waals surface area (Å²) < 4.78 is 5.08. The molecule has 148 valence electrons. The number of H-pyrrole nitrogens is 1. The normalized spacial score (nSPS) is 24.9. The summed E-state index contributed by atoms with van der Waals surface area (Å²) in [5, 5.41) is 16.3. The van der Waals surface area contributed by atoms with Gasteiger partial charge in [0.05, 0.1) is 23.4 Å². The topological polar surface area (TPSA) is 125 Å². The van der Waals surface area contributed by atoms with Crippen LogP contribution in [0.25, 0.3) is 0 Å². The molecular formula is C19H24N6O3. The van der Waals surface area contributed by atoms with Gasteiger partial charge >= 0.3 is 0 Å². The molecule has 2 aromatic rings. The maximum absolute atomic E-state index is 12.6. The van der Waals surface area contributed by atoms with Gasteiger partial charge in [0.1, 0.15) is 24.1 Å². The zero-order valence-corrected chi connectivity index (χ0v) is 15.8. The summed E-state index contributed by atoms with van der Waals surface area (Å²) in [5.41, 5.74) is 1.40. The third kappa shape index (κ3) is 2.85. The fourth-order valence-corrected chi connectivity index (χ4v) is 4.50. The van der Waals surface area contributed by atoms with Crippen molar-refractivity contribution in [1.82, 2.24) is 19.9 Å². The van der Waals surface area contributed by atoms with Crippen molar-refractivity contribution in [1.29, 1.82) is 0 Å². The maximum Gasteiger partial charge on any atom is 0.236 e. The molecule has 1 amide bonds. The molecule has 2 fully saturated rings. The number of methoxy groups -OCH3 is 1. The number of carbonyl (C=O) groups is 1. The minimum Gasteiger partial charge on any atom is -0.393 e. The van der Waals surface area contributed by atoms with Crippen molar-refractivity contribution in [2.75, 3.05) is 17.7 Å². The first-order valence-electron chi connectivity index (χ1n) is 9.81.